The zero-order valence-corrected chi connectivity index (χ0v) is 9.69. The van der Waals surface area contributed by atoms with Crippen LogP contribution in [0.4, 0.5) is 0 Å². The van der Waals surface area contributed by atoms with Gasteiger partial charge in [-0.25, -0.2) is 4.98 Å². The standard InChI is InChI=1S/C13H9ClN2O/c14-11-2-1-9-5-10(13(17)12(9)6-11)7-16-4-3-15-8-16/h1-4,6-8H,5H2. The molecule has 1 aromatic heterocycles. The van der Waals surface area contributed by atoms with Gasteiger partial charge in [-0.2, -0.15) is 0 Å². The lowest BCUT2D eigenvalue weighted by molar-refractivity contribution is 0.104. The molecule has 0 atom stereocenters. The van der Waals surface area contributed by atoms with Crippen LogP contribution in [0.2, 0.25) is 5.02 Å². The van der Waals surface area contributed by atoms with E-state index >= 15 is 0 Å². The Morgan fingerprint density at radius 2 is 2.29 bits per heavy atom. The summed E-state index contributed by atoms with van der Waals surface area (Å²) in [7, 11) is 0. The lowest BCUT2D eigenvalue weighted by Crippen LogP contribution is -1.97. The molecule has 17 heavy (non-hydrogen) atoms. The summed E-state index contributed by atoms with van der Waals surface area (Å²) in [5, 5.41) is 0.598. The molecule has 0 bridgehead atoms. The molecule has 0 amide bonds. The first-order valence-corrected chi connectivity index (χ1v) is 5.63. The predicted octanol–water partition coefficient (Wildman–Crippen LogP) is 2.82. The fourth-order valence-electron chi connectivity index (χ4n) is 2.00. The molecule has 1 aliphatic carbocycles. The summed E-state index contributed by atoms with van der Waals surface area (Å²) in [5.74, 6) is 0.0520. The maximum atomic E-state index is 12.1. The Morgan fingerprint density at radius 3 is 3.06 bits per heavy atom. The van der Waals surface area contributed by atoms with Crippen LogP contribution in [0, 0.1) is 0 Å². The van der Waals surface area contributed by atoms with Crippen LogP contribution in [0.3, 0.4) is 0 Å². The molecule has 0 unspecified atom stereocenters. The Kier molecular flexibility index (Phi) is 2.34. The van der Waals surface area contributed by atoms with Crippen LogP contribution >= 0.6 is 11.6 Å². The largest absolute Gasteiger partial charge is 0.313 e. The average molecular weight is 245 g/mol. The van der Waals surface area contributed by atoms with Crippen molar-refractivity contribution in [2.45, 2.75) is 6.42 Å². The van der Waals surface area contributed by atoms with Gasteiger partial charge in [-0.1, -0.05) is 17.7 Å². The summed E-state index contributed by atoms with van der Waals surface area (Å²) >= 11 is 5.89. The second-order valence-corrected chi connectivity index (χ2v) is 4.41. The summed E-state index contributed by atoms with van der Waals surface area (Å²) in [5.41, 5.74) is 2.51. The minimum absolute atomic E-state index is 0.0520. The van der Waals surface area contributed by atoms with Gasteiger partial charge in [0.15, 0.2) is 5.78 Å². The van der Waals surface area contributed by atoms with E-state index in [4.69, 9.17) is 11.6 Å². The quantitative estimate of drug-likeness (QED) is 0.723. The predicted molar refractivity (Wildman–Crippen MR) is 66.0 cm³/mol. The molecule has 84 valence electrons. The molecule has 3 rings (SSSR count). The Morgan fingerprint density at radius 1 is 1.41 bits per heavy atom. The second-order valence-electron chi connectivity index (χ2n) is 3.97. The van der Waals surface area contributed by atoms with Crippen LogP contribution in [0.5, 0.6) is 0 Å². The van der Waals surface area contributed by atoms with Crippen LogP contribution < -0.4 is 0 Å². The molecule has 1 heterocycles. The zero-order valence-electron chi connectivity index (χ0n) is 8.93. The molecule has 0 aliphatic heterocycles. The number of rotatable bonds is 1. The molecule has 3 nitrogen and oxygen atoms in total. The van der Waals surface area contributed by atoms with Crippen LogP contribution in [-0.2, 0) is 6.42 Å². The molecule has 0 fully saturated rings. The highest BCUT2D eigenvalue weighted by atomic mass is 35.5. The topological polar surface area (TPSA) is 34.9 Å². The van der Waals surface area contributed by atoms with E-state index in [0.29, 0.717) is 17.0 Å². The molecular weight excluding hydrogens is 236 g/mol. The van der Waals surface area contributed by atoms with E-state index < -0.39 is 0 Å². The minimum Gasteiger partial charge on any atom is -0.313 e. The van der Waals surface area contributed by atoms with Gasteiger partial charge in [0.1, 0.15) is 0 Å². The highest BCUT2D eigenvalue weighted by Gasteiger charge is 2.24. The van der Waals surface area contributed by atoms with Crippen LogP contribution in [-0.4, -0.2) is 15.3 Å². The van der Waals surface area contributed by atoms with Crippen LogP contribution in [0.1, 0.15) is 15.9 Å². The van der Waals surface area contributed by atoms with E-state index in [0.717, 1.165) is 11.1 Å². The normalized spacial score (nSPS) is 16.5. The summed E-state index contributed by atoms with van der Waals surface area (Å²) < 4.78 is 1.78. The van der Waals surface area contributed by atoms with Crippen LogP contribution in [0.15, 0.2) is 42.5 Å². The first-order chi connectivity index (χ1) is 8.24. The molecule has 1 aliphatic rings. The molecule has 0 saturated heterocycles. The van der Waals surface area contributed by atoms with Crippen molar-refractivity contribution in [2.75, 3.05) is 0 Å². The highest BCUT2D eigenvalue weighted by molar-refractivity contribution is 6.31. The van der Waals surface area contributed by atoms with E-state index in [1.165, 1.54) is 0 Å². The summed E-state index contributed by atoms with van der Waals surface area (Å²) in [6.07, 6.45) is 7.61. The first kappa shape index (κ1) is 10.3. The molecule has 2 aromatic rings. The molecule has 0 N–H and O–H groups in total. The van der Waals surface area contributed by atoms with Crippen molar-refractivity contribution < 1.29 is 4.79 Å². The van der Waals surface area contributed by atoms with Crippen molar-refractivity contribution in [1.82, 2.24) is 9.55 Å². The van der Waals surface area contributed by atoms with Crippen molar-refractivity contribution in [3.63, 3.8) is 0 Å². The molecular formula is C13H9ClN2O. The van der Waals surface area contributed by atoms with Crippen LogP contribution in [0.25, 0.3) is 6.20 Å². The van der Waals surface area contributed by atoms with Gasteiger partial charge in [-0.05, 0) is 17.7 Å². The number of allylic oxidation sites excluding steroid dienone is 1. The Hall–Kier alpha value is -1.87. The third kappa shape index (κ3) is 1.78. The van der Waals surface area contributed by atoms with Gasteiger partial charge in [0.25, 0.3) is 0 Å². The SMILES string of the molecule is O=C1C(=Cn2ccnc2)Cc2ccc(Cl)cc21. The van der Waals surface area contributed by atoms with Crippen molar-refractivity contribution in [2.24, 2.45) is 0 Å². The minimum atomic E-state index is 0.0520. The zero-order chi connectivity index (χ0) is 11.8. The van der Waals surface area contributed by atoms with Crippen molar-refractivity contribution in [3.8, 4) is 0 Å². The number of aromatic nitrogens is 2. The smallest absolute Gasteiger partial charge is 0.191 e. The summed E-state index contributed by atoms with van der Waals surface area (Å²) in [6.45, 7) is 0. The van der Waals surface area contributed by atoms with Gasteiger partial charge >= 0.3 is 0 Å². The number of ketones is 1. The van der Waals surface area contributed by atoms with E-state index in [-0.39, 0.29) is 5.78 Å². The number of nitrogens with zero attached hydrogens (tertiary/aromatic N) is 2. The Bertz CT molecular complexity index is 614. The molecule has 0 saturated carbocycles. The third-order valence-corrected chi connectivity index (χ3v) is 3.05. The lowest BCUT2D eigenvalue weighted by atomic mass is 10.1. The fraction of sp³-hybridized carbons (Fsp3) is 0.0769. The van der Waals surface area contributed by atoms with E-state index in [9.17, 15) is 4.79 Å². The number of Topliss-reactive ketones (excluding diaryl/α,β-unsaturated/α-hetero) is 1. The van der Waals surface area contributed by atoms with Gasteiger partial charge < -0.3 is 4.57 Å². The average Bonchev–Trinajstić information content (AvgIpc) is 2.91. The van der Waals surface area contributed by atoms with Crippen molar-refractivity contribution >= 4 is 23.6 Å². The molecule has 0 spiro atoms. The molecule has 4 heteroatoms. The Labute approximate surface area is 103 Å². The number of imidazole rings is 1. The number of carbonyl (C=O) groups excluding carboxylic acids is 1. The van der Waals surface area contributed by atoms with Crippen molar-refractivity contribution in [3.05, 3.63) is 58.6 Å². The summed E-state index contributed by atoms with van der Waals surface area (Å²) in [4.78, 5) is 16.1. The second kappa shape index (κ2) is 3.86. The maximum Gasteiger partial charge on any atom is 0.191 e. The maximum absolute atomic E-state index is 12.1. The monoisotopic (exact) mass is 244 g/mol. The van der Waals surface area contributed by atoms with E-state index in [2.05, 4.69) is 4.98 Å². The Balaban J connectivity index is 2.02. The van der Waals surface area contributed by atoms with Gasteiger partial charge in [0.2, 0.25) is 0 Å². The van der Waals surface area contributed by atoms with E-state index in [1.54, 1.807) is 29.4 Å². The van der Waals surface area contributed by atoms with Gasteiger partial charge in [0.05, 0.1) is 6.33 Å². The third-order valence-electron chi connectivity index (χ3n) is 2.82. The van der Waals surface area contributed by atoms with Gasteiger partial charge in [-0.15, -0.1) is 0 Å². The number of hydrogen-bond acceptors (Lipinski definition) is 2. The van der Waals surface area contributed by atoms with Gasteiger partial charge in [-0.3, -0.25) is 4.79 Å². The number of benzene rings is 1. The lowest BCUT2D eigenvalue weighted by Gasteiger charge is -1.95. The van der Waals surface area contributed by atoms with Gasteiger partial charge in [0, 0.05) is 41.2 Å². The first-order valence-electron chi connectivity index (χ1n) is 5.25. The number of fused-ring (bicyclic) bond motifs is 1. The summed E-state index contributed by atoms with van der Waals surface area (Å²) in [6, 6.07) is 5.45. The highest BCUT2D eigenvalue weighted by Crippen LogP contribution is 2.28. The number of carbonyl (C=O) groups is 1. The number of halogens is 1. The fourth-order valence-corrected chi connectivity index (χ4v) is 2.17. The van der Waals surface area contributed by atoms with E-state index in [1.807, 2.05) is 18.3 Å². The number of hydrogen-bond donors (Lipinski definition) is 0. The van der Waals surface area contributed by atoms with Crippen molar-refractivity contribution in [1.29, 1.82) is 0 Å². The molecule has 0 radical (unpaired) electrons. The molecule has 1 aromatic carbocycles.